The molecule has 0 unspecified atom stereocenters. The predicted octanol–water partition coefficient (Wildman–Crippen LogP) is 7.44. The van der Waals surface area contributed by atoms with Crippen molar-refractivity contribution in [2.45, 2.75) is 117 Å². The van der Waals surface area contributed by atoms with Crippen LogP contribution in [0.2, 0.25) is 5.02 Å². The van der Waals surface area contributed by atoms with Crippen molar-refractivity contribution >= 4 is 40.7 Å². The second-order valence-corrected chi connectivity index (χ2v) is 19.8. The molecule has 2 aliphatic heterocycles. The maximum Gasteiger partial charge on any atom is 0.254 e. The number of hydrogen-bond acceptors (Lipinski definition) is 15. The van der Waals surface area contributed by atoms with Gasteiger partial charge in [0.05, 0.1) is 35.1 Å². The van der Waals surface area contributed by atoms with Gasteiger partial charge in [0, 0.05) is 111 Å². The lowest BCUT2D eigenvalue weighted by Crippen LogP contribution is -2.74. The second-order valence-electron chi connectivity index (χ2n) is 19.4. The van der Waals surface area contributed by atoms with E-state index in [0.29, 0.717) is 66.7 Å². The van der Waals surface area contributed by atoms with E-state index < -0.39 is 0 Å². The summed E-state index contributed by atoms with van der Waals surface area (Å²) < 4.78 is 26.1. The SMILES string of the molecule is CCc1cnn2c(NCc3ccc(OCCOCCCOC4CCN(c5ncc(C(=O)NC6C(C)(C)C(Oc7ccc(C#N)c(Cl)c7)C6(C)C)cn5)CC4)nc3)cc(N3CCCC[C@H]3CCO)nc12. The molecule has 1 saturated carbocycles. The molecule has 18 heteroatoms. The van der Waals surface area contributed by atoms with Gasteiger partial charge in [-0.2, -0.15) is 14.9 Å². The van der Waals surface area contributed by atoms with E-state index in [1.54, 1.807) is 30.6 Å². The number of nitriles is 1. The van der Waals surface area contributed by atoms with Crippen LogP contribution in [0.1, 0.15) is 107 Å². The third-order valence-electron chi connectivity index (χ3n) is 13.9. The Balaban J connectivity index is 0.698. The lowest BCUT2D eigenvalue weighted by molar-refractivity contribution is -0.164. The number of ether oxygens (including phenoxy) is 4. The van der Waals surface area contributed by atoms with E-state index in [9.17, 15) is 15.2 Å². The Morgan fingerprint density at radius 3 is 2.45 bits per heavy atom. The van der Waals surface area contributed by atoms with Gasteiger partial charge in [-0.05, 0) is 69.1 Å². The zero-order chi connectivity index (χ0) is 48.5. The molecule has 0 spiro atoms. The van der Waals surface area contributed by atoms with Crippen LogP contribution in [-0.4, -0.2) is 118 Å². The Morgan fingerprint density at radius 1 is 0.942 bits per heavy atom. The number of anilines is 3. The van der Waals surface area contributed by atoms with Crippen LogP contribution < -0.4 is 29.9 Å². The van der Waals surface area contributed by atoms with Gasteiger partial charge in [0.25, 0.3) is 5.91 Å². The molecule has 1 aliphatic carbocycles. The number of aliphatic hydroxyl groups excluding tert-OH is 1. The van der Waals surface area contributed by atoms with Gasteiger partial charge in [-0.15, -0.1) is 0 Å². The maximum atomic E-state index is 13.4. The number of hydrogen-bond donors (Lipinski definition) is 3. The number of benzene rings is 1. The number of pyridine rings is 1. The number of nitrogens with one attached hydrogen (secondary N) is 2. The van der Waals surface area contributed by atoms with Crippen molar-refractivity contribution in [3.05, 3.63) is 88.5 Å². The van der Waals surface area contributed by atoms with E-state index in [4.69, 9.17) is 35.5 Å². The van der Waals surface area contributed by atoms with Crippen LogP contribution in [0.3, 0.4) is 0 Å². The normalized spacial score (nSPS) is 20.0. The van der Waals surface area contributed by atoms with Gasteiger partial charge in [0.2, 0.25) is 11.8 Å². The summed E-state index contributed by atoms with van der Waals surface area (Å²) in [5.41, 5.74) is 2.99. The van der Waals surface area contributed by atoms with Crippen LogP contribution in [0.25, 0.3) is 5.65 Å². The fraction of sp³-hybridized carbons (Fsp3) is 0.549. The molecule has 1 amide bonds. The summed E-state index contributed by atoms with van der Waals surface area (Å²) in [5, 5.41) is 30.7. The van der Waals surface area contributed by atoms with Crippen molar-refractivity contribution in [2.75, 3.05) is 67.8 Å². The van der Waals surface area contributed by atoms with E-state index in [2.05, 4.69) is 87.2 Å². The fourth-order valence-corrected chi connectivity index (χ4v) is 10.6. The minimum Gasteiger partial charge on any atom is -0.489 e. The molecular formula is C51H66ClN11O6. The number of nitrogens with zero attached hydrogens (tertiary/aromatic N) is 9. The molecule has 0 radical (unpaired) electrons. The number of aromatic nitrogens is 6. The summed E-state index contributed by atoms with van der Waals surface area (Å²) in [7, 11) is 0. The fourth-order valence-electron chi connectivity index (χ4n) is 10.4. The van der Waals surface area contributed by atoms with E-state index in [-0.39, 0.29) is 47.6 Å². The van der Waals surface area contributed by atoms with E-state index in [1.807, 2.05) is 29.0 Å². The van der Waals surface area contributed by atoms with Crippen LogP contribution in [0.4, 0.5) is 17.6 Å². The molecule has 17 nitrogen and oxygen atoms in total. The summed E-state index contributed by atoms with van der Waals surface area (Å²) in [6.45, 7) is 15.6. The highest BCUT2D eigenvalue weighted by atomic mass is 35.5. The largest absolute Gasteiger partial charge is 0.489 e. The molecule has 69 heavy (non-hydrogen) atoms. The zero-order valence-electron chi connectivity index (χ0n) is 40.5. The molecule has 0 bridgehead atoms. The van der Waals surface area contributed by atoms with Crippen LogP contribution in [0.5, 0.6) is 11.6 Å². The second kappa shape index (κ2) is 22.3. The number of amides is 1. The van der Waals surface area contributed by atoms with Gasteiger partial charge in [0.1, 0.15) is 36.2 Å². The van der Waals surface area contributed by atoms with Gasteiger partial charge in [-0.3, -0.25) is 4.79 Å². The predicted molar refractivity (Wildman–Crippen MR) is 264 cm³/mol. The summed E-state index contributed by atoms with van der Waals surface area (Å²) >= 11 is 6.25. The van der Waals surface area contributed by atoms with Crippen molar-refractivity contribution < 1.29 is 28.8 Å². The number of carbonyl (C=O) groups is 1. The molecule has 3 aliphatic rings. The Kier molecular flexibility index (Phi) is 16.0. The van der Waals surface area contributed by atoms with E-state index in [0.717, 1.165) is 93.0 Å². The van der Waals surface area contributed by atoms with Gasteiger partial charge in [-0.25, -0.2) is 19.9 Å². The number of carbonyl (C=O) groups excluding carboxylic acids is 1. The minimum atomic E-state index is -0.384. The third kappa shape index (κ3) is 11.5. The zero-order valence-corrected chi connectivity index (χ0v) is 41.3. The van der Waals surface area contributed by atoms with Crippen molar-refractivity contribution in [3.8, 4) is 17.7 Å². The highest BCUT2D eigenvalue weighted by Crippen LogP contribution is 2.55. The molecule has 1 atom stereocenters. The first-order chi connectivity index (χ1) is 33.4. The molecule has 6 heterocycles. The number of aryl methyl sites for hydroxylation is 1. The number of aliphatic hydroxyl groups is 1. The molecule has 2 saturated heterocycles. The highest BCUT2D eigenvalue weighted by Gasteiger charge is 2.64. The average Bonchev–Trinajstić information content (AvgIpc) is 3.79. The summed E-state index contributed by atoms with van der Waals surface area (Å²) in [6.07, 6.45) is 14.3. The standard InChI is InChI=1S/C51H66ClN11O6/c1-6-35-33-58-63-42(27-43(59-45(35)63)62-18-8-7-10-38(62)17-21-64)54-29-34-11-14-44(55-30-34)68-25-24-66-22-9-23-67-39-15-19-61(20-16-39)49-56-31-37(32-57-49)46(65)60-47-50(2,3)48(51(47,4)5)69-40-13-12-36(28-53)41(52)26-40/h11-14,26-27,30-33,38-39,47-48,54,64H,6-10,15-25,29H2,1-5H3,(H,60,65)/t38-,47?,48?/m0/s1. The molecular weight excluding hydrogens is 898 g/mol. The van der Waals surface area contributed by atoms with Crippen LogP contribution >= 0.6 is 11.6 Å². The highest BCUT2D eigenvalue weighted by molar-refractivity contribution is 6.31. The van der Waals surface area contributed by atoms with E-state index in [1.165, 1.54) is 6.42 Å². The first kappa shape index (κ1) is 49.6. The minimum absolute atomic E-state index is 0.155. The first-order valence-corrected chi connectivity index (χ1v) is 24.8. The lowest BCUT2D eigenvalue weighted by atomic mass is 9.49. The molecule has 4 aromatic heterocycles. The Hall–Kier alpha value is -5.80. The number of rotatable bonds is 21. The van der Waals surface area contributed by atoms with Crippen molar-refractivity contribution in [1.82, 2.24) is 34.9 Å². The van der Waals surface area contributed by atoms with Crippen molar-refractivity contribution in [1.29, 1.82) is 5.26 Å². The monoisotopic (exact) mass is 963 g/mol. The summed E-state index contributed by atoms with van der Waals surface area (Å²) in [4.78, 5) is 36.6. The number of piperidine rings is 2. The molecule has 3 N–H and O–H groups in total. The Morgan fingerprint density at radius 2 is 1.74 bits per heavy atom. The molecule has 1 aromatic carbocycles. The van der Waals surface area contributed by atoms with Crippen LogP contribution in [0, 0.1) is 22.2 Å². The van der Waals surface area contributed by atoms with Crippen LogP contribution in [-0.2, 0) is 22.4 Å². The van der Waals surface area contributed by atoms with Gasteiger partial charge in [-0.1, -0.05) is 52.3 Å². The topological polar surface area (TPSA) is 197 Å². The Bertz CT molecular complexity index is 2520. The molecule has 5 aromatic rings. The quantitative estimate of drug-likeness (QED) is 0.0613. The van der Waals surface area contributed by atoms with Gasteiger partial charge < -0.3 is 44.5 Å². The number of halogens is 1. The smallest absolute Gasteiger partial charge is 0.254 e. The molecule has 3 fully saturated rings. The maximum absolute atomic E-state index is 13.4. The Labute approximate surface area is 409 Å². The van der Waals surface area contributed by atoms with Crippen molar-refractivity contribution in [2.24, 2.45) is 10.8 Å². The molecule has 8 rings (SSSR count). The van der Waals surface area contributed by atoms with Gasteiger partial charge >= 0.3 is 0 Å². The molecule has 368 valence electrons. The number of fused-ring (bicyclic) bond motifs is 1. The first-order valence-electron chi connectivity index (χ1n) is 24.4. The lowest BCUT2D eigenvalue weighted by Gasteiger charge is -2.63. The van der Waals surface area contributed by atoms with E-state index >= 15 is 0 Å². The van der Waals surface area contributed by atoms with Crippen LogP contribution in [0.15, 0.2) is 61.2 Å². The summed E-state index contributed by atoms with van der Waals surface area (Å²) in [5.74, 6) is 3.28. The summed E-state index contributed by atoms with van der Waals surface area (Å²) in [6, 6.07) is 13.2. The van der Waals surface area contributed by atoms with Crippen molar-refractivity contribution in [3.63, 3.8) is 0 Å². The average molecular weight is 965 g/mol. The van der Waals surface area contributed by atoms with Gasteiger partial charge in [0.15, 0.2) is 5.65 Å². The third-order valence-corrected chi connectivity index (χ3v) is 14.2.